The van der Waals surface area contributed by atoms with E-state index in [2.05, 4.69) is 37.1 Å². The first-order valence-electron chi connectivity index (χ1n) is 17.5. The van der Waals surface area contributed by atoms with Crippen LogP contribution in [0.4, 0.5) is 5.82 Å². The Kier molecular flexibility index (Phi) is 11.6. The number of halogens is 1. The van der Waals surface area contributed by atoms with Crippen LogP contribution in [0.1, 0.15) is 76.8 Å². The smallest absolute Gasteiger partial charge is 0.339 e. The van der Waals surface area contributed by atoms with Crippen LogP contribution < -0.4 is 9.64 Å². The zero-order chi connectivity index (χ0) is 37.1. The highest BCUT2D eigenvalue weighted by Crippen LogP contribution is 2.41. The molecule has 1 aliphatic heterocycles. The first kappa shape index (κ1) is 38.1. The third-order valence-electron chi connectivity index (χ3n) is 9.26. The molecule has 0 radical (unpaired) electrons. The largest absolute Gasteiger partial charge is 0.490 e. The maximum Gasteiger partial charge on any atom is 0.339 e. The number of rotatable bonds is 13. The van der Waals surface area contributed by atoms with Gasteiger partial charge in [-0.1, -0.05) is 42.0 Å². The van der Waals surface area contributed by atoms with E-state index in [1.807, 2.05) is 82.5 Å². The lowest BCUT2D eigenvalue weighted by Gasteiger charge is -2.41. The number of hydrogen-bond acceptors (Lipinski definition) is 8. The zero-order valence-electron chi connectivity index (χ0n) is 31.2. The van der Waals surface area contributed by atoms with Crippen molar-refractivity contribution in [1.29, 1.82) is 0 Å². The highest BCUT2D eigenvalue weighted by Gasteiger charge is 2.38. The third-order valence-corrected chi connectivity index (χ3v) is 9.67. The summed E-state index contributed by atoms with van der Waals surface area (Å²) in [4.78, 5) is 20.7. The van der Waals surface area contributed by atoms with Crippen LogP contribution in [0.25, 0.3) is 28.0 Å². The molecule has 2 aromatic carbocycles. The molecule has 2 atom stereocenters. The molecule has 51 heavy (non-hydrogen) atoms. The average molecular weight is 715 g/mol. The van der Waals surface area contributed by atoms with Gasteiger partial charge in [0.05, 0.1) is 42.3 Å². The van der Waals surface area contributed by atoms with Gasteiger partial charge in [0.25, 0.3) is 0 Å². The molecule has 1 aliphatic rings. The van der Waals surface area contributed by atoms with Crippen LogP contribution in [-0.4, -0.2) is 64.7 Å². The van der Waals surface area contributed by atoms with Crippen LogP contribution in [0.2, 0.25) is 5.02 Å². The summed E-state index contributed by atoms with van der Waals surface area (Å²) < 4.78 is 26.1. The molecule has 0 bridgehead atoms. The Morgan fingerprint density at radius 3 is 2.43 bits per heavy atom. The van der Waals surface area contributed by atoms with Crippen molar-refractivity contribution >= 4 is 29.0 Å². The molecular formula is C41H51ClN4O5. The molecule has 0 unspecified atom stereocenters. The molecule has 9 nitrogen and oxygen atoms in total. The molecule has 0 N–H and O–H groups in total. The van der Waals surface area contributed by atoms with E-state index in [0.717, 1.165) is 58.8 Å². The van der Waals surface area contributed by atoms with Crippen molar-refractivity contribution in [3.05, 3.63) is 89.6 Å². The van der Waals surface area contributed by atoms with Crippen molar-refractivity contribution in [3.63, 3.8) is 0 Å². The number of nitrogens with zero attached hydrogens (tertiary/aromatic N) is 4. The summed E-state index contributed by atoms with van der Waals surface area (Å²) in [6.45, 7) is 23.4. The second-order valence-corrected chi connectivity index (χ2v) is 14.9. The van der Waals surface area contributed by atoms with Gasteiger partial charge in [-0.05, 0) is 90.6 Å². The van der Waals surface area contributed by atoms with E-state index in [-0.39, 0.29) is 11.7 Å². The van der Waals surface area contributed by atoms with Gasteiger partial charge in [0, 0.05) is 47.4 Å². The van der Waals surface area contributed by atoms with Gasteiger partial charge in [0.1, 0.15) is 11.6 Å². The molecule has 2 aromatic heterocycles. The molecule has 1 saturated heterocycles. The summed E-state index contributed by atoms with van der Waals surface area (Å²) in [6, 6.07) is 14.0. The maximum atomic E-state index is 13.4. The van der Waals surface area contributed by atoms with Crippen LogP contribution in [0.5, 0.6) is 5.75 Å². The quantitative estimate of drug-likeness (QED) is 0.100. The Bertz CT molecular complexity index is 1900. The Morgan fingerprint density at radius 2 is 1.78 bits per heavy atom. The van der Waals surface area contributed by atoms with Crippen molar-refractivity contribution in [2.75, 3.05) is 31.7 Å². The fourth-order valence-corrected chi connectivity index (χ4v) is 6.76. The van der Waals surface area contributed by atoms with Gasteiger partial charge in [0.2, 0.25) is 0 Å². The van der Waals surface area contributed by atoms with Crippen LogP contribution >= 0.6 is 11.6 Å². The fourth-order valence-electron chi connectivity index (χ4n) is 6.60. The number of ether oxygens (including phenoxy) is 4. The number of fused-ring (bicyclic) bond motifs is 1. The molecule has 4 aromatic rings. The van der Waals surface area contributed by atoms with Crippen molar-refractivity contribution < 1.29 is 23.7 Å². The van der Waals surface area contributed by atoms with Crippen LogP contribution in [0.15, 0.2) is 67.8 Å². The second-order valence-electron chi connectivity index (χ2n) is 14.5. The lowest BCUT2D eigenvalue weighted by molar-refractivity contribution is -0.164. The Morgan fingerprint density at radius 1 is 1.08 bits per heavy atom. The summed E-state index contributed by atoms with van der Waals surface area (Å²) in [7, 11) is 1.38. The SMILES string of the molecule is C=CCOC1(C)CCN(c2c([C@H](OC(C)(C)C)C(=O)OC)c(C)nc3cc(-c4cccc(-c5c(O[C@@H](C)CC=C)ccc(Cl)c5C)c4)nn23)CC1. The van der Waals surface area contributed by atoms with Crippen LogP contribution in [0, 0.1) is 13.8 Å². The van der Waals surface area contributed by atoms with Gasteiger partial charge in [-0.15, -0.1) is 13.2 Å². The van der Waals surface area contributed by atoms with Crippen LogP contribution in [-0.2, 0) is 19.0 Å². The van der Waals surface area contributed by atoms with Crippen LogP contribution in [0.3, 0.4) is 0 Å². The number of carbonyl (C=O) groups is 1. The van der Waals surface area contributed by atoms with E-state index in [4.69, 9.17) is 40.6 Å². The minimum atomic E-state index is -1.02. The van der Waals surface area contributed by atoms with E-state index in [1.54, 1.807) is 6.08 Å². The minimum Gasteiger partial charge on any atom is -0.490 e. The van der Waals surface area contributed by atoms with E-state index in [1.165, 1.54) is 7.11 Å². The van der Waals surface area contributed by atoms with E-state index < -0.39 is 17.7 Å². The predicted molar refractivity (Wildman–Crippen MR) is 205 cm³/mol. The van der Waals surface area contributed by atoms with Gasteiger partial charge in [-0.2, -0.15) is 9.61 Å². The van der Waals surface area contributed by atoms with E-state index >= 15 is 0 Å². The average Bonchev–Trinajstić information content (AvgIpc) is 3.51. The lowest BCUT2D eigenvalue weighted by atomic mass is 9.92. The minimum absolute atomic E-state index is 0.0531. The predicted octanol–water partition coefficient (Wildman–Crippen LogP) is 9.27. The maximum absolute atomic E-state index is 13.4. The molecule has 5 rings (SSSR count). The van der Waals surface area contributed by atoms with Gasteiger partial charge in [0.15, 0.2) is 11.8 Å². The van der Waals surface area contributed by atoms with Gasteiger partial charge >= 0.3 is 5.97 Å². The normalized spacial score (nSPS) is 15.7. The number of benzene rings is 2. The highest BCUT2D eigenvalue weighted by atomic mass is 35.5. The first-order valence-corrected chi connectivity index (χ1v) is 17.9. The number of hydrogen-bond donors (Lipinski definition) is 0. The summed E-state index contributed by atoms with van der Waals surface area (Å²) in [5, 5.41) is 5.83. The van der Waals surface area contributed by atoms with Gasteiger partial charge in [-0.3, -0.25) is 0 Å². The molecule has 0 saturated carbocycles. The molecule has 272 valence electrons. The first-order chi connectivity index (χ1) is 24.2. The third kappa shape index (κ3) is 8.49. The van der Waals surface area contributed by atoms with Crippen molar-refractivity contribution in [2.45, 2.75) is 91.1 Å². The number of aromatic nitrogens is 3. The standard InChI is InChI=1S/C41H51ClN4O5/c1-11-14-26(3)50-33-18-17-31(42)27(4)35(33)30-16-13-15-29(24-30)32-25-34-43-28(5)36(37(39(47)48-10)51-40(6,7)8)38(46(34)44-32)45-21-19-41(9,20-22-45)49-23-12-2/h11-13,15-18,24-26,37H,1-2,14,19-23H2,3-10H3/t26-,37-/m0/s1. The van der Waals surface area contributed by atoms with Gasteiger partial charge < -0.3 is 23.8 Å². The monoisotopic (exact) mass is 714 g/mol. The molecule has 10 heteroatoms. The second kappa shape index (κ2) is 15.6. The summed E-state index contributed by atoms with van der Waals surface area (Å²) in [5.41, 5.74) is 5.45. The Hall–Kier alpha value is -4.18. The number of esters is 1. The van der Waals surface area contributed by atoms with E-state index in [0.29, 0.717) is 41.6 Å². The van der Waals surface area contributed by atoms with Crippen molar-refractivity contribution in [1.82, 2.24) is 14.6 Å². The molecule has 3 heterocycles. The molecule has 0 amide bonds. The number of carbonyl (C=O) groups excluding carboxylic acids is 1. The van der Waals surface area contributed by atoms with Crippen molar-refractivity contribution in [3.8, 4) is 28.1 Å². The number of aryl methyl sites for hydroxylation is 1. The topological polar surface area (TPSA) is 87.4 Å². The summed E-state index contributed by atoms with van der Waals surface area (Å²) >= 11 is 6.65. The molecular weight excluding hydrogens is 664 g/mol. The fraction of sp³-hybridized carbons (Fsp3) is 0.439. The van der Waals surface area contributed by atoms with Crippen molar-refractivity contribution in [2.24, 2.45) is 0 Å². The number of anilines is 1. The zero-order valence-corrected chi connectivity index (χ0v) is 32.0. The van der Waals surface area contributed by atoms with Gasteiger partial charge in [-0.25, -0.2) is 9.78 Å². The molecule has 1 fully saturated rings. The number of methoxy groups -OCH3 is 1. The highest BCUT2D eigenvalue weighted by molar-refractivity contribution is 6.31. The molecule has 0 spiro atoms. The Labute approximate surface area is 307 Å². The molecule has 0 aliphatic carbocycles. The van der Waals surface area contributed by atoms with E-state index in [9.17, 15) is 4.79 Å². The Balaban J connectivity index is 1.66. The summed E-state index contributed by atoms with van der Waals surface area (Å²) in [6.07, 6.45) is 4.83. The lowest BCUT2D eigenvalue weighted by Crippen LogP contribution is -2.45. The summed E-state index contributed by atoms with van der Waals surface area (Å²) in [5.74, 6) is 1.01. The number of piperidine rings is 1.